The Bertz CT molecular complexity index is 586. The monoisotopic (exact) mass is 288 g/mol. The Balaban J connectivity index is 2.52. The molecule has 1 atom stereocenters. The van der Waals surface area contributed by atoms with Crippen LogP contribution in [0.1, 0.15) is 33.3 Å². The van der Waals surface area contributed by atoms with Crippen LogP contribution in [0.15, 0.2) is 35.9 Å². The van der Waals surface area contributed by atoms with Crippen molar-refractivity contribution < 1.29 is 19.1 Å². The summed E-state index contributed by atoms with van der Waals surface area (Å²) in [5.41, 5.74) is 0.602. The third-order valence-electron chi connectivity index (χ3n) is 3.41. The molecule has 0 saturated carbocycles. The van der Waals surface area contributed by atoms with E-state index in [-0.39, 0.29) is 24.1 Å². The molecule has 0 spiro atoms. The molecule has 2 rings (SSSR count). The fourth-order valence-corrected chi connectivity index (χ4v) is 2.47. The van der Waals surface area contributed by atoms with Crippen LogP contribution in [0.25, 0.3) is 5.57 Å². The number of cyclic esters (lactones) is 1. The van der Waals surface area contributed by atoms with E-state index in [0.717, 1.165) is 5.56 Å². The van der Waals surface area contributed by atoms with Crippen LogP contribution in [-0.2, 0) is 19.1 Å². The van der Waals surface area contributed by atoms with E-state index in [1.807, 2.05) is 44.2 Å². The number of carbonyl (C=O) groups excluding carboxylic acids is 2. The summed E-state index contributed by atoms with van der Waals surface area (Å²) in [4.78, 5) is 24.0. The van der Waals surface area contributed by atoms with Crippen LogP contribution in [0, 0.1) is 0 Å². The number of ether oxygens (including phenoxy) is 2. The minimum Gasteiger partial charge on any atom is -0.448 e. The largest absolute Gasteiger partial charge is 0.448 e. The lowest BCUT2D eigenvalue weighted by Crippen LogP contribution is -2.34. The number of Topliss-reactive ketones (excluding diaryl/α,β-unsaturated/α-hetero) is 1. The normalized spacial score (nSPS) is 21.9. The van der Waals surface area contributed by atoms with E-state index in [2.05, 4.69) is 0 Å². The second kappa shape index (κ2) is 5.82. The summed E-state index contributed by atoms with van der Waals surface area (Å²) >= 11 is 0. The van der Waals surface area contributed by atoms with Gasteiger partial charge in [-0.25, -0.2) is 4.79 Å². The molecule has 0 bridgehead atoms. The maximum atomic E-state index is 12.1. The zero-order chi connectivity index (χ0) is 15.6. The molecule has 0 amide bonds. The van der Waals surface area contributed by atoms with Crippen LogP contribution < -0.4 is 0 Å². The quantitative estimate of drug-likeness (QED) is 0.617. The average Bonchev–Trinajstić information content (AvgIpc) is 2.69. The van der Waals surface area contributed by atoms with Crippen molar-refractivity contribution >= 4 is 17.3 Å². The maximum absolute atomic E-state index is 12.1. The second-order valence-corrected chi connectivity index (χ2v) is 5.65. The van der Waals surface area contributed by atoms with Gasteiger partial charge in [-0.3, -0.25) is 4.79 Å². The first-order chi connectivity index (χ1) is 9.85. The van der Waals surface area contributed by atoms with E-state index < -0.39 is 11.6 Å². The molecule has 112 valence electrons. The van der Waals surface area contributed by atoms with Gasteiger partial charge >= 0.3 is 5.97 Å². The maximum Gasteiger partial charge on any atom is 0.343 e. The predicted molar refractivity (Wildman–Crippen MR) is 79.6 cm³/mol. The van der Waals surface area contributed by atoms with Gasteiger partial charge < -0.3 is 9.47 Å². The predicted octanol–water partition coefficient (Wildman–Crippen LogP) is 2.77. The van der Waals surface area contributed by atoms with E-state index in [1.54, 1.807) is 6.92 Å². The molecule has 0 N–H and O–H groups in total. The van der Waals surface area contributed by atoms with Gasteiger partial charge in [0.05, 0.1) is 12.7 Å². The number of ketones is 1. The number of esters is 1. The zero-order valence-electron chi connectivity index (χ0n) is 12.8. The minimum absolute atomic E-state index is 0.0129. The van der Waals surface area contributed by atoms with Crippen LogP contribution in [-0.4, -0.2) is 30.1 Å². The second-order valence-electron chi connectivity index (χ2n) is 5.65. The molecule has 1 aromatic rings. The number of benzene rings is 1. The number of rotatable bonds is 5. The lowest BCUT2D eigenvalue weighted by atomic mass is 9.87. The third-order valence-corrected chi connectivity index (χ3v) is 3.41. The number of hydrogen-bond acceptors (Lipinski definition) is 4. The molecule has 1 aliphatic rings. The molecule has 4 nitrogen and oxygen atoms in total. The van der Waals surface area contributed by atoms with Crippen molar-refractivity contribution in [2.45, 2.75) is 39.4 Å². The Kier molecular flexibility index (Phi) is 4.28. The molecule has 0 fully saturated rings. The summed E-state index contributed by atoms with van der Waals surface area (Å²) < 4.78 is 11.1. The third kappa shape index (κ3) is 3.05. The van der Waals surface area contributed by atoms with Crippen LogP contribution >= 0.6 is 0 Å². The first-order valence-electron chi connectivity index (χ1n) is 7.01. The molecule has 0 saturated heterocycles. The number of hydrogen-bond donors (Lipinski definition) is 0. The standard InChI is InChI=1S/C17H20O4/c1-11(2)20-10-17(4)15(13-8-6-5-7-9-13)14(12(3)18)16(19)21-17/h5-9,11H,10H2,1-4H3. The topological polar surface area (TPSA) is 52.6 Å². The zero-order valence-corrected chi connectivity index (χ0v) is 12.8. The molecule has 1 heterocycles. The highest BCUT2D eigenvalue weighted by Crippen LogP contribution is 2.40. The van der Waals surface area contributed by atoms with Gasteiger partial charge in [0, 0.05) is 5.57 Å². The molecule has 0 aromatic heterocycles. The fraction of sp³-hybridized carbons (Fsp3) is 0.412. The van der Waals surface area contributed by atoms with Crippen molar-refractivity contribution in [2.24, 2.45) is 0 Å². The van der Waals surface area contributed by atoms with E-state index >= 15 is 0 Å². The van der Waals surface area contributed by atoms with Gasteiger partial charge in [0.1, 0.15) is 5.57 Å². The van der Waals surface area contributed by atoms with Crippen LogP contribution in [0.5, 0.6) is 0 Å². The minimum atomic E-state index is -0.941. The lowest BCUT2D eigenvalue weighted by Gasteiger charge is -2.27. The fourth-order valence-electron chi connectivity index (χ4n) is 2.47. The Morgan fingerprint density at radius 2 is 1.90 bits per heavy atom. The smallest absolute Gasteiger partial charge is 0.343 e. The highest BCUT2D eigenvalue weighted by molar-refractivity contribution is 6.25. The molecule has 0 aliphatic carbocycles. The van der Waals surface area contributed by atoms with E-state index in [0.29, 0.717) is 5.57 Å². The van der Waals surface area contributed by atoms with Gasteiger partial charge in [-0.15, -0.1) is 0 Å². The van der Waals surface area contributed by atoms with Gasteiger partial charge in [-0.1, -0.05) is 30.3 Å². The molecule has 4 heteroatoms. The highest BCUT2D eigenvalue weighted by atomic mass is 16.6. The van der Waals surface area contributed by atoms with Crippen LogP contribution in [0.2, 0.25) is 0 Å². The molecule has 21 heavy (non-hydrogen) atoms. The summed E-state index contributed by atoms with van der Waals surface area (Å²) in [6.07, 6.45) is 0.0129. The summed E-state index contributed by atoms with van der Waals surface area (Å²) in [5.74, 6) is -0.858. The SMILES string of the molecule is CC(=O)C1=C(c2ccccc2)C(C)(COC(C)C)OC1=O. The molecule has 1 aromatic carbocycles. The van der Waals surface area contributed by atoms with Crippen molar-refractivity contribution in [3.63, 3.8) is 0 Å². The summed E-state index contributed by atoms with van der Waals surface area (Å²) in [5, 5.41) is 0. The van der Waals surface area contributed by atoms with Crippen molar-refractivity contribution in [3.8, 4) is 0 Å². The Labute approximate surface area is 124 Å². The Morgan fingerprint density at radius 1 is 1.29 bits per heavy atom. The van der Waals surface area contributed by atoms with Crippen LogP contribution in [0.3, 0.4) is 0 Å². The van der Waals surface area contributed by atoms with Gasteiger partial charge in [-0.2, -0.15) is 0 Å². The first kappa shape index (κ1) is 15.4. The van der Waals surface area contributed by atoms with E-state index in [9.17, 15) is 9.59 Å². The molecule has 1 unspecified atom stereocenters. The average molecular weight is 288 g/mol. The summed E-state index contributed by atoms with van der Waals surface area (Å²) in [7, 11) is 0. The first-order valence-corrected chi connectivity index (χ1v) is 7.01. The van der Waals surface area contributed by atoms with Crippen molar-refractivity contribution in [1.29, 1.82) is 0 Å². The van der Waals surface area contributed by atoms with E-state index in [4.69, 9.17) is 9.47 Å². The highest BCUT2D eigenvalue weighted by Gasteiger charge is 2.46. The molecular formula is C17H20O4. The van der Waals surface area contributed by atoms with Crippen molar-refractivity contribution in [3.05, 3.63) is 41.5 Å². The van der Waals surface area contributed by atoms with Crippen LogP contribution in [0.4, 0.5) is 0 Å². The Hall–Kier alpha value is -1.94. The van der Waals surface area contributed by atoms with Gasteiger partial charge in [0.25, 0.3) is 0 Å². The molecule has 0 radical (unpaired) electrons. The van der Waals surface area contributed by atoms with Crippen molar-refractivity contribution in [1.82, 2.24) is 0 Å². The number of carbonyl (C=O) groups is 2. The lowest BCUT2D eigenvalue weighted by molar-refractivity contribution is -0.150. The van der Waals surface area contributed by atoms with Gasteiger partial charge in [-0.05, 0) is 33.3 Å². The van der Waals surface area contributed by atoms with Gasteiger partial charge in [0.2, 0.25) is 0 Å². The molecular weight excluding hydrogens is 268 g/mol. The van der Waals surface area contributed by atoms with E-state index in [1.165, 1.54) is 6.92 Å². The van der Waals surface area contributed by atoms with Crippen molar-refractivity contribution in [2.75, 3.05) is 6.61 Å². The summed E-state index contributed by atoms with van der Waals surface area (Å²) in [6, 6.07) is 9.36. The molecule has 1 aliphatic heterocycles. The van der Waals surface area contributed by atoms with Gasteiger partial charge in [0.15, 0.2) is 11.4 Å². The Morgan fingerprint density at radius 3 is 2.43 bits per heavy atom. The summed E-state index contributed by atoms with van der Waals surface area (Å²) in [6.45, 7) is 7.22.